The summed E-state index contributed by atoms with van der Waals surface area (Å²) in [5, 5.41) is 9.90. The van der Waals surface area contributed by atoms with E-state index in [2.05, 4.69) is 4.98 Å². The van der Waals surface area contributed by atoms with Crippen LogP contribution in [0.1, 0.15) is 27.9 Å². The van der Waals surface area contributed by atoms with E-state index < -0.39 is 17.3 Å². The minimum absolute atomic E-state index is 0.262. The Labute approximate surface area is 170 Å². The quantitative estimate of drug-likeness (QED) is 0.672. The SMILES string of the molecule is CN(C(=O)C1(CC(=O)O)Cc2ccccc2C1)c1nc2c(C(N)=O)cccc2s1. The minimum Gasteiger partial charge on any atom is -0.481 e. The summed E-state index contributed by atoms with van der Waals surface area (Å²) in [6, 6.07) is 12.8. The molecule has 29 heavy (non-hydrogen) atoms. The number of para-hydroxylation sites is 1. The van der Waals surface area contributed by atoms with Crippen LogP contribution in [-0.4, -0.2) is 34.9 Å². The van der Waals surface area contributed by atoms with Crippen molar-refractivity contribution in [3.8, 4) is 0 Å². The molecule has 3 aromatic rings. The van der Waals surface area contributed by atoms with Crippen molar-refractivity contribution in [2.24, 2.45) is 11.1 Å². The van der Waals surface area contributed by atoms with E-state index in [0.717, 1.165) is 15.8 Å². The van der Waals surface area contributed by atoms with Gasteiger partial charge in [0, 0.05) is 7.05 Å². The second-order valence-corrected chi connectivity index (χ2v) is 8.36. The molecule has 7 nitrogen and oxygen atoms in total. The zero-order chi connectivity index (χ0) is 20.8. The van der Waals surface area contributed by atoms with Crippen molar-refractivity contribution < 1.29 is 19.5 Å². The summed E-state index contributed by atoms with van der Waals surface area (Å²) in [7, 11) is 1.59. The van der Waals surface area contributed by atoms with Gasteiger partial charge in [-0.3, -0.25) is 19.3 Å². The van der Waals surface area contributed by atoms with Crippen LogP contribution in [0, 0.1) is 5.41 Å². The molecule has 1 aliphatic carbocycles. The highest BCUT2D eigenvalue weighted by Gasteiger charge is 2.47. The van der Waals surface area contributed by atoms with Crippen LogP contribution in [0.25, 0.3) is 10.2 Å². The number of nitrogens with zero attached hydrogens (tertiary/aromatic N) is 2. The van der Waals surface area contributed by atoms with E-state index in [0.29, 0.717) is 29.1 Å². The minimum atomic E-state index is -1.06. The van der Waals surface area contributed by atoms with Gasteiger partial charge in [0.1, 0.15) is 0 Å². The number of rotatable bonds is 5. The highest BCUT2D eigenvalue weighted by atomic mass is 32.1. The van der Waals surface area contributed by atoms with Gasteiger partial charge in [-0.25, -0.2) is 4.98 Å². The lowest BCUT2D eigenvalue weighted by molar-refractivity contribution is -0.144. The first-order valence-electron chi connectivity index (χ1n) is 9.07. The monoisotopic (exact) mass is 409 g/mol. The first-order chi connectivity index (χ1) is 13.8. The average Bonchev–Trinajstić information content (AvgIpc) is 3.27. The molecular formula is C21H19N3O4S. The van der Waals surface area contributed by atoms with Crippen LogP contribution in [0.2, 0.25) is 0 Å². The molecule has 0 spiro atoms. The maximum absolute atomic E-state index is 13.5. The Morgan fingerprint density at radius 1 is 1.14 bits per heavy atom. The lowest BCUT2D eigenvalue weighted by Gasteiger charge is -2.30. The first-order valence-corrected chi connectivity index (χ1v) is 9.88. The summed E-state index contributed by atoms with van der Waals surface area (Å²) in [5.74, 6) is -1.90. The molecule has 0 fully saturated rings. The molecule has 3 N–H and O–H groups in total. The predicted molar refractivity (Wildman–Crippen MR) is 110 cm³/mol. The molecule has 2 amide bonds. The van der Waals surface area contributed by atoms with Gasteiger partial charge in [0.25, 0.3) is 5.91 Å². The number of fused-ring (bicyclic) bond motifs is 2. The fraction of sp³-hybridized carbons (Fsp3) is 0.238. The Morgan fingerprint density at radius 2 is 1.79 bits per heavy atom. The maximum atomic E-state index is 13.5. The number of nitrogens with two attached hydrogens (primary N) is 1. The number of carbonyl (C=O) groups excluding carboxylic acids is 2. The third-order valence-electron chi connectivity index (χ3n) is 5.38. The van der Waals surface area contributed by atoms with E-state index in [-0.39, 0.29) is 12.3 Å². The van der Waals surface area contributed by atoms with Crippen LogP contribution in [0.3, 0.4) is 0 Å². The number of hydrogen-bond donors (Lipinski definition) is 2. The number of thiazole rings is 1. The smallest absolute Gasteiger partial charge is 0.304 e. The molecule has 148 valence electrons. The number of carboxylic acid groups (broad SMARTS) is 1. The van der Waals surface area contributed by atoms with Crippen molar-refractivity contribution in [2.75, 3.05) is 11.9 Å². The number of aliphatic carboxylic acids is 1. The van der Waals surface area contributed by atoms with Crippen molar-refractivity contribution in [3.05, 3.63) is 59.2 Å². The standard InChI is InChI=1S/C21H19N3O4S/c1-24(20-23-17-14(18(22)27)7-4-8-15(17)29-20)19(28)21(11-16(25)26)9-12-5-2-3-6-13(12)10-21/h2-8H,9-11H2,1H3,(H2,22,27)(H,25,26). The van der Waals surface area contributed by atoms with E-state index in [9.17, 15) is 19.5 Å². The van der Waals surface area contributed by atoms with Crippen molar-refractivity contribution >= 4 is 44.5 Å². The number of anilines is 1. The molecule has 0 atom stereocenters. The fourth-order valence-corrected chi connectivity index (χ4v) is 5.01. The number of primary amides is 1. The number of carboxylic acids is 1. The van der Waals surface area contributed by atoms with Crippen LogP contribution < -0.4 is 10.6 Å². The van der Waals surface area contributed by atoms with Crippen molar-refractivity contribution in [1.29, 1.82) is 0 Å². The third kappa shape index (κ3) is 3.25. The summed E-state index contributed by atoms with van der Waals surface area (Å²) in [6.07, 6.45) is 0.481. The highest BCUT2D eigenvalue weighted by Crippen LogP contribution is 2.42. The largest absolute Gasteiger partial charge is 0.481 e. The fourth-order valence-electron chi connectivity index (χ4n) is 4.06. The lowest BCUT2D eigenvalue weighted by atomic mass is 9.80. The zero-order valence-electron chi connectivity index (χ0n) is 15.7. The van der Waals surface area contributed by atoms with Crippen LogP contribution in [0.15, 0.2) is 42.5 Å². The second kappa shape index (κ2) is 6.97. The Bertz CT molecular complexity index is 1130. The molecule has 0 bridgehead atoms. The van der Waals surface area contributed by atoms with Gasteiger partial charge in [-0.15, -0.1) is 0 Å². The van der Waals surface area contributed by atoms with Gasteiger partial charge in [-0.2, -0.15) is 0 Å². The molecule has 0 saturated heterocycles. The third-order valence-corrected chi connectivity index (χ3v) is 6.48. The molecule has 1 heterocycles. The van der Waals surface area contributed by atoms with Gasteiger partial charge in [0.05, 0.1) is 27.6 Å². The number of carbonyl (C=O) groups is 3. The summed E-state index contributed by atoms with van der Waals surface area (Å²) in [5.41, 5.74) is 7.10. The van der Waals surface area contributed by atoms with Crippen molar-refractivity contribution in [1.82, 2.24) is 4.98 Å². The number of aromatic nitrogens is 1. The molecule has 2 aromatic carbocycles. The normalized spacial score (nSPS) is 14.5. The molecule has 1 aromatic heterocycles. The van der Waals surface area contributed by atoms with E-state index in [1.165, 1.54) is 16.2 Å². The number of amides is 2. The van der Waals surface area contributed by atoms with E-state index >= 15 is 0 Å². The molecule has 0 radical (unpaired) electrons. The molecule has 0 aliphatic heterocycles. The van der Waals surface area contributed by atoms with Gasteiger partial charge in [-0.1, -0.05) is 41.7 Å². The molecule has 1 aliphatic rings. The Balaban J connectivity index is 1.72. The van der Waals surface area contributed by atoms with Gasteiger partial charge in [-0.05, 0) is 36.1 Å². The van der Waals surface area contributed by atoms with Crippen molar-refractivity contribution in [2.45, 2.75) is 19.3 Å². The van der Waals surface area contributed by atoms with Crippen LogP contribution >= 0.6 is 11.3 Å². The summed E-state index contributed by atoms with van der Waals surface area (Å²) >= 11 is 1.26. The Morgan fingerprint density at radius 3 is 2.38 bits per heavy atom. The lowest BCUT2D eigenvalue weighted by Crippen LogP contribution is -2.44. The van der Waals surface area contributed by atoms with Crippen molar-refractivity contribution in [3.63, 3.8) is 0 Å². The van der Waals surface area contributed by atoms with Crippen LogP contribution in [0.5, 0.6) is 0 Å². The maximum Gasteiger partial charge on any atom is 0.304 e. The van der Waals surface area contributed by atoms with E-state index in [4.69, 9.17) is 5.73 Å². The predicted octanol–water partition coefficient (Wildman–Crippen LogP) is 2.62. The van der Waals surface area contributed by atoms with Gasteiger partial charge in [0.2, 0.25) is 5.91 Å². The molecule has 8 heteroatoms. The second-order valence-electron chi connectivity index (χ2n) is 7.35. The summed E-state index contributed by atoms with van der Waals surface area (Å²) in [4.78, 5) is 42.6. The van der Waals surface area contributed by atoms with Gasteiger partial charge in [0.15, 0.2) is 5.13 Å². The topological polar surface area (TPSA) is 114 Å². The zero-order valence-corrected chi connectivity index (χ0v) is 16.5. The summed E-state index contributed by atoms with van der Waals surface area (Å²) < 4.78 is 0.734. The molecule has 0 saturated carbocycles. The van der Waals surface area contributed by atoms with Crippen LogP contribution in [-0.2, 0) is 22.4 Å². The Kier molecular flexibility index (Phi) is 4.58. The average molecular weight is 409 g/mol. The molecule has 0 unspecified atom stereocenters. The van der Waals surface area contributed by atoms with Crippen LogP contribution in [0.4, 0.5) is 5.13 Å². The first kappa shape index (κ1) is 19.1. The van der Waals surface area contributed by atoms with E-state index in [1.807, 2.05) is 24.3 Å². The highest BCUT2D eigenvalue weighted by molar-refractivity contribution is 7.22. The number of hydrogen-bond acceptors (Lipinski definition) is 5. The Hall–Kier alpha value is -3.26. The van der Waals surface area contributed by atoms with E-state index in [1.54, 1.807) is 25.2 Å². The molecule has 4 rings (SSSR count). The summed E-state index contributed by atoms with van der Waals surface area (Å²) in [6.45, 7) is 0. The molecular weight excluding hydrogens is 390 g/mol. The van der Waals surface area contributed by atoms with Gasteiger partial charge >= 0.3 is 5.97 Å². The van der Waals surface area contributed by atoms with Gasteiger partial charge < -0.3 is 10.8 Å². The number of benzene rings is 2.